The van der Waals surface area contributed by atoms with E-state index < -0.39 is 5.97 Å². The summed E-state index contributed by atoms with van der Waals surface area (Å²) in [6.07, 6.45) is 5.91. The topological polar surface area (TPSA) is 84.1 Å². The highest BCUT2D eigenvalue weighted by Crippen LogP contribution is 2.18. The molecule has 0 bridgehead atoms. The predicted octanol–water partition coefficient (Wildman–Crippen LogP) is 2.87. The molecule has 7 nitrogen and oxygen atoms in total. The number of carbonyl (C=O) groups is 1. The van der Waals surface area contributed by atoms with Crippen molar-refractivity contribution in [3.63, 3.8) is 0 Å². The molecule has 3 rings (SSSR count). The highest BCUT2D eigenvalue weighted by molar-refractivity contribution is 5.85. The summed E-state index contributed by atoms with van der Waals surface area (Å²) >= 11 is 0. The van der Waals surface area contributed by atoms with Gasteiger partial charge in [0.2, 0.25) is 5.82 Å². The van der Waals surface area contributed by atoms with Gasteiger partial charge < -0.3 is 5.11 Å². The van der Waals surface area contributed by atoms with E-state index in [1.807, 2.05) is 30.3 Å². The van der Waals surface area contributed by atoms with Crippen molar-refractivity contribution in [2.75, 3.05) is 13.1 Å². The van der Waals surface area contributed by atoms with Gasteiger partial charge in [0.15, 0.2) is 0 Å². The average Bonchev–Trinajstić information content (AvgIpc) is 3.11. The second-order valence-electron chi connectivity index (χ2n) is 6.52. The van der Waals surface area contributed by atoms with Crippen LogP contribution in [0.4, 0.5) is 0 Å². The van der Waals surface area contributed by atoms with E-state index in [4.69, 9.17) is 0 Å². The summed E-state index contributed by atoms with van der Waals surface area (Å²) in [5.74, 6) is -0.0295. The molecule has 1 aliphatic rings. The zero-order valence-electron chi connectivity index (χ0n) is 14.8. The molecule has 26 heavy (non-hydrogen) atoms. The Bertz CT molecular complexity index is 679. The maximum Gasteiger partial charge on any atom is 0.320 e. The summed E-state index contributed by atoms with van der Waals surface area (Å²) in [4.78, 5) is 15.0. The number of carboxylic acids is 1. The van der Waals surface area contributed by atoms with Crippen LogP contribution in [0.3, 0.4) is 0 Å². The van der Waals surface area contributed by atoms with Gasteiger partial charge in [0.25, 0.3) is 0 Å². The Morgan fingerprint density at radius 3 is 2.65 bits per heavy atom. The SMILES string of the molecule is Cl.O=C(O)C1CCCCN1CCCCCn1nnc(-c2ccccc2)n1. The van der Waals surface area contributed by atoms with E-state index in [-0.39, 0.29) is 18.4 Å². The van der Waals surface area contributed by atoms with Crippen molar-refractivity contribution in [2.24, 2.45) is 0 Å². The van der Waals surface area contributed by atoms with E-state index in [1.165, 1.54) is 0 Å². The maximum absolute atomic E-state index is 11.3. The van der Waals surface area contributed by atoms with Gasteiger partial charge in [-0.2, -0.15) is 4.80 Å². The summed E-state index contributed by atoms with van der Waals surface area (Å²) < 4.78 is 0. The zero-order valence-corrected chi connectivity index (χ0v) is 15.6. The second kappa shape index (κ2) is 10.2. The molecule has 1 fully saturated rings. The molecular formula is C18H26ClN5O2. The number of hydrogen-bond donors (Lipinski definition) is 1. The molecule has 142 valence electrons. The maximum atomic E-state index is 11.3. The van der Waals surface area contributed by atoms with Crippen LogP contribution in [0.5, 0.6) is 0 Å². The Morgan fingerprint density at radius 2 is 1.88 bits per heavy atom. The molecule has 0 radical (unpaired) electrons. The first-order valence-corrected chi connectivity index (χ1v) is 9.04. The molecule has 0 spiro atoms. The molecule has 0 amide bonds. The van der Waals surface area contributed by atoms with Gasteiger partial charge in [-0.05, 0) is 44.0 Å². The van der Waals surface area contributed by atoms with Crippen LogP contribution in [0.2, 0.25) is 0 Å². The number of tetrazole rings is 1. The molecule has 1 aliphatic heterocycles. The molecule has 2 heterocycles. The smallest absolute Gasteiger partial charge is 0.320 e. The summed E-state index contributed by atoms with van der Waals surface area (Å²) in [6.45, 7) is 2.50. The largest absolute Gasteiger partial charge is 0.480 e. The van der Waals surface area contributed by atoms with Gasteiger partial charge in [0.1, 0.15) is 6.04 Å². The van der Waals surface area contributed by atoms with Gasteiger partial charge in [0.05, 0.1) is 6.54 Å². The van der Waals surface area contributed by atoms with Crippen molar-refractivity contribution in [1.29, 1.82) is 0 Å². The van der Waals surface area contributed by atoms with Gasteiger partial charge in [-0.3, -0.25) is 9.69 Å². The highest BCUT2D eigenvalue weighted by atomic mass is 35.5. The molecule has 0 saturated carbocycles. The fourth-order valence-electron chi connectivity index (χ4n) is 3.32. The lowest BCUT2D eigenvalue weighted by molar-refractivity contribution is -0.144. The number of likely N-dealkylation sites (tertiary alicyclic amines) is 1. The van der Waals surface area contributed by atoms with Crippen LogP contribution in [-0.2, 0) is 11.3 Å². The number of aromatic nitrogens is 4. The quantitative estimate of drug-likeness (QED) is 0.710. The van der Waals surface area contributed by atoms with Crippen LogP contribution in [0, 0.1) is 0 Å². The Balaban J connectivity index is 0.00000243. The monoisotopic (exact) mass is 379 g/mol. The third-order valence-corrected chi connectivity index (χ3v) is 4.69. The normalized spacial score (nSPS) is 17.6. The number of rotatable bonds is 8. The Kier molecular flexibility index (Phi) is 8.00. The summed E-state index contributed by atoms with van der Waals surface area (Å²) in [5.41, 5.74) is 0.971. The van der Waals surface area contributed by atoms with Crippen molar-refractivity contribution >= 4 is 18.4 Å². The molecule has 2 aromatic rings. The summed E-state index contributed by atoms with van der Waals surface area (Å²) in [7, 11) is 0. The third kappa shape index (κ3) is 5.51. The van der Waals surface area contributed by atoms with Gasteiger partial charge in [-0.25, -0.2) is 0 Å². The molecular weight excluding hydrogens is 354 g/mol. The standard InChI is InChI=1S/C18H25N5O2.ClH/c24-18(25)16-11-5-8-13-22(16)12-6-2-7-14-23-20-17(19-21-23)15-9-3-1-4-10-15;/h1,3-4,9-10,16H,2,5-8,11-14H2,(H,24,25);1H. The first-order chi connectivity index (χ1) is 12.2. The minimum atomic E-state index is -0.681. The lowest BCUT2D eigenvalue weighted by Crippen LogP contribution is -2.44. The predicted molar refractivity (Wildman–Crippen MR) is 101 cm³/mol. The molecule has 1 unspecified atom stereocenters. The second-order valence-corrected chi connectivity index (χ2v) is 6.52. The fraction of sp³-hybridized carbons (Fsp3) is 0.556. The van der Waals surface area contributed by atoms with Crippen LogP contribution in [0.25, 0.3) is 11.4 Å². The van der Waals surface area contributed by atoms with Crippen LogP contribution in [0.15, 0.2) is 30.3 Å². The van der Waals surface area contributed by atoms with Crippen molar-refractivity contribution in [1.82, 2.24) is 25.1 Å². The molecule has 0 aliphatic carbocycles. The third-order valence-electron chi connectivity index (χ3n) is 4.69. The Morgan fingerprint density at radius 1 is 1.12 bits per heavy atom. The van der Waals surface area contributed by atoms with Gasteiger partial charge in [-0.15, -0.1) is 22.6 Å². The minimum Gasteiger partial charge on any atom is -0.480 e. The molecule has 8 heteroatoms. The molecule has 1 atom stereocenters. The van der Waals surface area contributed by atoms with Crippen LogP contribution in [0.1, 0.15) is 38.5 Å². The number of aryl methyl sites for hydroxylation is 1. The summed E-state index contributed by atoms with van der Waals surface area (Å²) in [6, 6.07) is 9.53. The number of piperidine rings is 1. The molecule has 1 N–H and O–H groups in total. The van der Waals surface area contributed by atoms with Gasteiger partial charge >= 0.3 is 5.97 Å². The number of halogens is 1. The van der Waals surface area contributed by atoms with Crippen molar-refractivity contribution in [3.8, 4) is 11.4 Å². The zero-order chi connectivity index (χ0) is 17.5. The first kappa shape index (κ1) is 20.3. The minimum absolute atomic E-state index is 0. The molecule has 1 aromatic heterocycles. The van der Waals surface area contributed by atoms with Crippen LogP contribution < -0.4 is 0 Å². The molecule has 1 saturated heterocycles. The number of hydrogen-bond acceptors (Lipinski definition) is 5. The van der Waals surface area contributed by atoms with Gasteiger partial charge in [-0.1, -0.05) is 43.2 Å². The van der Waals surface area contributed by atoms with E-state index in [0.717, 1.165) is 63.7 Å². The van der Waals surface area contributed by atoms with Crippen LogP contribution in [-0.4, -0.2) is 55.3 Å². The van der Waals surface area contributed by atoms with E-state index in [2.05, 4.69) is 20.3 Å². The lowest BCUT2D eigenvalue weighted by Gasteiger charge is -2.32. The fourth-order valence-corrected chi connectivity index (χ4v) is 3.32. The lowest BCUT2D eigenvalue weighted by atomic mass is 10.0. The van der Waals surface area contributed by atoms with Crippen molar-refractivity contribution in [2.45, 2.75) is 51.1 Å². The number of nitrogens with zero attached hydrogens (tertiary/aromatic N) is 5. The average molecular weight is 380 g/mol. The van der Waals surface area contributed by atoms with E-state index in [1.54, 1.807) is 4.80 Å². The molecule has 1 aromatic carbocycles. The number of aliphatic carboxylic acids is 1. The van der Waals surface area contributed by atoms with Crippen molar-refractivity contribution < 1.29 is 9.90 Å². The number of benzene rings is 1. The van der Waals surface area contributed by atoms with Crippen molar-refractivity contribution in [3.05, 3.63) is 30.3 Å². The van der Waals surface area contributed by atoms with E-state index >= 15 is 0 Å². The highest BCUT2D eigenvalue weighted by Gasteiger charge is 2.27. The number of carboxylic acid groups (broad SMARTS) is 1. The Labute approximate surface area is 159 Å². The first-order valence-electron chi connectivity index (χ1n) is 9.04. The van der Waals surface area contributed by atoms with Crippen LogP contribution >= 0.6 is 12.4 Å². The number of unbranched alkanes of at least 4 members (excludes halogenated alkanes) is 2. The van der Waals surface area contributed by atoms with Gasteiger partial charge in [0, 0.05) is 5.56 Å². The van der Waals surface area contributed by atoms with E-state index in [0.29, 0.717) is 5.82 Å². The Hall–Kier alpha value is -1.99. The summed E-state index contributed by atoms with van der Waals surface area (Å²) in [5, 5.41) is 21.9. The van der Waals surface area contributed by atoms with E-state index in [9.17, 15) is 9.90 Å².